The van der Waals surface area contributed by atoms with E-state index in [-0.39, 0.29) is 24.4 Å². The first-order valence-corrected chi connectivity index (χ1v) is 12.1. The number of hydrogen-bond acceptors (Lipinski definition) is 8. The predicted octanol–water partition coefficient (Wildman–Crippen LogP) is 2.43. The van der Waals surface area contributed by atoms with E-state index >= 15 is 0 Å². The van der Waals surface area contributed by atoms with Crippen LogP contribution in [-0.2, 0) is 19.4 Å². The lowest BCUT2D eigenvalue weighted by molar-refractivity contribution is 0.0950. The molecule has 35 heavy (non-hydrogen) atoms. The molecule has 0 radical (unpaired) electrons. The predicted molar refractivity (Wildman–Crippen MR) is 132 cm³/mol. The molecule has 2 amide bonds. The number of fused-ring (bicyclic) bond motifs is 1. The summed E-state index contributed by atoms with van der Waals surface area (Å²) in [6.45, 7) is 2.09. The van der Waals surface area contributed by atoms with Crippen molar-refractivity contribution >= 4 is 28.3 Å². The Kier molecular flexibility index (Phi) is 6.34. The molecule has 0 saturated heterocycles. The van der Waals surface area contributed by atoms with Gasteiger partial charge in [0.05, 0.1) is 11.4 Å². The van der Waals surface area contributed by atoms with E-state index in [0.717, 1.165) is 41.1 Å². The van der Waals surface area contributed by atoms with E-state index in [1.54, 1.807) is 54.1 Å². The summed E-state index contributed by atoms with van der Waals surface area (Å²) in [5, 5.41) is 17.8. The second-order valence-electron chi connectivity index (χ2n) is 8.41. The van der Waals surface area contributed by atoms with Gasteiger partial charge in [-0.25, -0.2) is 4.98 Å². The molecule has 1 aliphatic carbocycles. The minimum Gasteiger partial charge on any atom is -0.348 e. The van der Waals surface area contributed by atoms with Gasteiger partial charge in [-0.15, -0.1) is 16.4 Å². The first kappa shape index (κ1) is 22.8. The molecule has 4 N–H and O–H groups in total. The summed E-state index contributed by atoms with van der Waals surface area (Å²) in [5.41, 5.74) is 9.68. The van der Waals surface area contributed by atoms with E-state index in [2.05, 4.69) is 31.1 Å². The summed E-state index contributed by atoms with van der Waals surface area (Å²) in [5.74, 6) is 0.207. The normalized spacial score (nSPS) is 14.9. The van der Waals surface area contributed by atoms with Gasteiger partial charge < -0.3 is 11.1 Å². The molecule has 178 valence electrons. The quantitative estimate of drug-likeness (QED) is 0.378. The number of tetrazole rings is 1. The maximum Gasteiger partial charge on any atom is 0.257 e. The van der Waals surface area contributed by atoms with Gasteiger partial charge >= 0.3 is 0 Å². The van der Waals surface area contributed by atoms with Gasteiger partial charge in [-0.1, -0.05) is 12.1 Å². The lowest BCUT2D eigenvalue weighted by Gasteiger charge is -2.15. The number of thiazole rings is 1. The molecule has 4 aromatic rings. The highest BCUT2D eigenvalue weighted by Crippen LogP contribution is 2.29. The van der Waals surface area contributed by atoms with E-state index in [9.17, 15) is 9.59 Å². The zero-order chi connectivity index (χ0) is 24.4. The Labute approximate surface area is 205 Å². The fourth-order valence-electron chi connectivity index (χ4n) is 3.95. The molecule has 0 spiro atoms. The standard InChI is InChI=1S/C24H24N8O2S/c1-14-29-30-31-32(14)19-8-5-16(6-9-19)22(33)26-13-15-3-2-4-17(11-15)23(34)28-24-27-20-10-7-18(25)12-21(20)35-24/h2-6,8-9,11,18H,7,10,12-13,25H2,1H3,(H,26,33)(H,27,28,34)/t18-/m1/s1. The van der Waals surface area contributed by atoms with Crippen LogP contribution in [0.2, 0.25) is 0 Å². The summed E-state index contributed by atoms with van der Waals surface area (Å²) < 4.78 is 1.59. The minimum absolute atomic E-state index is 0.159. The number of nitrogens with zero attached hydrogens (tertiary/aromatic N) is 5. The smallest absolute Gasteiger partial charge is 0.257 e. The molecular formula is C24H24N8O2S. The van der Waals surface area contributed by atoms with Gasteiger partial charge in [0.1, 0.15) is 0 Å². The van der Waals surface area contributed by atoms with Gasteiger partial charge in [0.25, 0.3) is 11.8 Å². The Morgan fingerprint density at radius 3 is 2.74 bits per heavy atom. The van der Waals surface area contributed by atoms with Crippen LogP contribution >= 0.6 is 11.3 Å². The molecule has 5 rings (SSSR count). The zero-order valence-corrected chi connectivity index (χ0v) is 19.9. The van der Waals surface area contributed by atoms with E-state index in [1.165, 1.54) is 11.3 Å². The van der Waals surface area contributed by atoms with Crippen LogP contribution in [0.5, 0.6) is 0 Å². The number of carbonyl (C=O) groups excluding carboxylic acids is 2. The topological polar surface area (TPSA) is 141 Å². The number of amides is 2. The molecular weight excluding hydrogens is 464 g/mol. The summed E-state index contributed by atoms with van der Waals surface area (Å²) >= 11 is 1.49. The Morgan fingerprint density at radius 2 is 1.97 bits per heavy atom. The number of aromatic nitrogens is 5. The molecule has 2 heterocycles. The fourth-order valence-corrected chi connectivity index (χ4v) is 5.05. The van der Waals surface area contributed by atoms with Gasteiger partial charge in [0.2, 0.25) is 0 Å². The van der Waals surface area contributed by atoms with Crippen LogP contribution in [0.1, 0.15) is 49.1 Å². The van der Waals surface area contributed by atoms with Gasteiger partial charge in [0, 0.05) is 28.6 Å². The van der Waals surface area contributed by atoms with Gasteiger partial charge in [-0.3, -0.25) is 14.9 Å². The van der Waals surface area contributed by atoms with E-state index in [4.69, 9.17) is 5.73 Å². The lowest BCUT2D eigenvalue weighted by atomic mass is 9.99. The van der Waals surface area contributed by atoms with Crippen molar-refractivity contribution < 1.29 is 9.59 Å². The van der Waals surface area contributed by atoms with Crippen molar-refractivity contribution in [1.29, 1.82) is 0 Å². The Hall–Kier alpha value is -3.96. The van der Waals surface area contributed by atoms with Crippen LogP contribution in [0, 0.1) is 6.92 Å². The highest BCUT2D eigenvalue weighted by Gasteiger charge is 2.21. The second-order valence-corrected chi connectivity index (χ2v) is 9.50. The van der Waals surface area contributed by atoms with Crippen LogP contribution in [0.4, 0.5) is 5.13 Å². The molecule has 2 aromatic carbocycles. The van der Waals surface area contributed by atoms with Crippen molar-refractivity contribution in [3.8, 4) is 5.69 Å². The van der Waals surface area contributed by atoms with Crippen LogP contribution in [0.15, 0.2) is 48.5 Å². The molecule has 10 nitrogen and oxygen atoms in total. The number of rotatable bonds is 6. The number of aryl methyl sites for hydroxylation is 2. The summed E-state index contributed by atoms with van der Waals surface area (Å²) in [4.78, 5) is 31.1. The molecule has 0 bridgehead atoms. The van der Waals surface area contributed by atoms with Gasteiger partial charge in [-0.2, -0.15) is 4.68 Å². The molecule has 0 saturated carbocycles. The second kappa shape index (κ2) is 9.72. The van der Waals surface area contributed by atoms with E-state index in [1.807, 2.05) is 6.07 Å². The van der Waals surface area contributed by atoms with Crippen LogP contribution in [-0.4, -0.2) is 43.0 Å². The highest BCUT2D eigenvalue weighted by atomic mass is 32.1. The average Bonchev–Trinajstić information content (AvgIpc) is 3.47. The molecule has 11 heteroatoms. The monoisotopic (exact) mass is 488 g/mol. The number of nitrogens with one attached hydrogen (secondary N) is 2. The van der Waals surface area contributed by atoms with Crippen molar-refractivity contribution in [2.45, 2.75) is 38.8 Å². The summed E-state index contributed by atoms with van der Waals surface area (Å²) in [7, 11) is 0. The number of carbonyl (C=O) groups is 2. The van der Waals surface area contributed by atoms with Crippen LogP contribution in [0.3, 0.4) is 0 Å². The van der Waals surface area contributed by atoms with Crippen molar-refractivity contribution in [2.24, 2.45) is 5.73 Å². The first-order valence-electron chi connectivity index (χ1n) is 11.2. The van der Waals surface area contributed by atoms with Crippen LogP contribution < -0.4 is 16.4 Å². The Morgan fingerprint density at radius 1 is 1.14 bits per heavy atom. The molecule has 1 atom stereocenters. The van der Waals surface area contributed by atoms with E-state index < -0.39 is 0 Å². The number of benzene rings is 2. The summed E-state index contributed by atoms with van der Waals surface area (Å²) in [6, 6.07) is 14.3. The van der Waals surface area contributed by atoms with Gasteiger partial charge in [-0.05, 0) is 78.6 Å². The molecule has 1 aliphatic rings. The first-order chi connectivity index (χ1) is 17.0. The molecule has 0 fully saturated rings. The lowest BCUT2D eigenvalue weighted by Crippen LogP contribution is -2.27. The Balaban J connectivity index is 1.20. The summed E-state index contributed by atoms with van der Waals surface area (Å²) in [6.07, 6.45) is 2.57. The largest absolute Gasteiger partial charge is 0.348 e. The number of nitrogens with two attached hydrogens (primary N) is 1. The number of anilines is 1. The average molecular weight is 489 g/mol. The third kappa shape index (κ3) is 5.10. The van der Waals surface area contributed by atoms with Gasteiger partial charge in [0.15, 0.2) is 11.0 Å². The highest BCUT2D eigenvalue weighted by molar-refractivity contribution is 7.15. The fraction of sp³-hybridized carbons (Fsp3) is 0.250. The maximum atomic E-state index is 12.8. The van der Waals surface area contributed by atoms with Crippen molar-refractivity contribution in [2.75, 3.05) is 5.32 Å². The minimum atomic E-state index is -0.234. The Bertz CT molecular complexity index is 1380. The van der Waals surface area contributed by atoms with E-state index in [0.29, 0.717) is 22.1 Å². The maximum absolute atomic E-state index is 12.8. The van der Waals surface area contributed by atoms with Crippen LogP contribution in [0.25, 0.3) is 5.69 Å². The molecule has 0 unspecified atom stereocenters. The third-order valence-electron chi connectivity index (χ3n) is 5.84. The number of hydrogen-bond donors (Lipinski definition) is 3. The SMILES string of the molecule is Cc1nnnn1-c1ccc(C(=O)NCc2cccc(C(=O)Nc3nc4c(s3)C[C@H](N)CC4)c2)cc1. The van der Waals surface area contributed by atoms with Crippen molar-refractivity contribution in [3.63, 3.8) is 0 Å². The zero-order valence-electron chi connectivity index (χ0n) is 19.1. The van der Waals surface area contributed by atoms with Crippen molar-refractivity contribution in [1.82, 2.24) is 30.5 Å². The van der Waals surface area contributed by atoms with Crippen molar-refractivity contribution in [3.05, 3.63) is 81.6 Å². The third-order valence-corrected chi connectivity index (χ3v) is 6.88. The molecule has 0 aliphatic heterocycles. The molecule has 2 aromatic heterocycles.